The van der Waals surface area contributed by atoms with E-state index < -0.39 is 0 Å². The Hall–Kier alpha value is -10.2. The smallest absolute Gasteiger partial charge is 0.252 e. The number of hydrogen-bond acceptors (Lipinski definition) is 3. The van der Waals surface area contributed by atoms with Crippen molar-refractivity contribution in [2.75, 3.05) is 9.80 Å². The Balaban J connectivity index is 1.06. The average Bonchev–Trinajstić information content (AvgIpc) is 4.06. The van der Waals surface area contributed by atoms with E-state index in [1.54, 1.807) is 0 Å². The van der Waals surface area contributed by atoms with Crippen LogP contribution >= 0.6 is 0 Å². The van der Waals surface area contributed by atoms with Crippen LogP contribution in [-0.4, -0.2) is 20.8 Å². The highest BCUT2D eigenvalue weighted by molar-refractivity contribution is 7.00. The Bertz CT molecular complexity index is 4520. The molecular weight excluding hydrogens is 934 g/mol. The van der Waals surface area contributed by atoms with Gasteiger partial charge in [-0.05, 0) is 113 Å². The largest absolute Gasteiger partial charge is 0.311 e. The maximum absolute atomic E-state index is 5.63. The number of fused-ring (bicyclic) bond motifs is 10. The molecule has 77 heavy (non-hydrogen) atoms. The van der Waals surface area contributed by atoms with Gasteiger partial charge in [0.1, 0.15) is 0 Å². The molecular formula is C71H46BN5. The maximum Gasteiger partial charge on any atom is 0.252 e. The fourth-order valence-corrected chi connectivity index (χ4v) is 12.9. The maximum atomic E-state index is 5.63. The second-order valence-corrected chi connectivity index (χ2v) is 20.2. The highest BCUT2D eigenvalue weighted by Crippen LogP contribution is 2.52. The molecule has 2 aliphatic heterocycles. The minimum atomic E-state index is -0.191. The van der Waals surface area contributed by atoms with E-state index in [2.05, 4.69) is 298 Å². The van der Waals surface area contributed by atoms with Crippen molar-refractivity contribution in [3.63, 3.8) is 0 Å². The number of aromatic nitrogens is 3. The standard InChI is InChI=1S/C71H46BN5/c1-5-22-47(23-6-1)57-46-58(62-35-21-34-61(73-62)48-24-7-2-8-25-48)71-69-70(57)76(49-26-9-3-10-27-49)67-44-51(74-63-36-17-13-30-53(63)54-31-14-18-37-64(54)74)40-42-59(67)72(69)60-43-41-52(45-68(60)77(71)50-28-11-4-12-29-50)75-65-38-19-15-32-55(65)56-33-16-20-39-66(56)75/h1-46H. The van der Waals surface area contributed by atoms with Crippen LogP contribution in [0.3, 0.4) is 0 Å². The van der Waals surface area contributed by atoms with Crippen LogP contribution < -0.4 is 26.2 Å². The monoisotopic (exact) mass is 979 g/mol. The van der Waals surface area contributed by atoms with Gasteiger partial charge < -0.3 is 18.9 Å². The Morgan fingerprint density at radius 3 is 1.14 bits per heavy atom. The molecule has 0 unspecified atom stereocenters. The van der Waals surface area contributed by atoms with Gasteiger partial charge in [0.15, 0.2) is 0 Å². The van der Waals surface area contributed by atoms with Crippen molar-refractivity contribution < 1.29 is 0 Å². The van der Waals surface area contributed by atoms with Gasteiger partial charge in [-0.25, -0.2) is 4.98 Å². The number of nitrogens with zero attached hydrogens (tertiary/aromatic N) is 5. The molecule has 0 atom stereocenters. The summed E-state index contributed by atoms with van der Waals surface area (Å²) in [7, 11) is 0. The Labute approximate surface area is 446 Å². The highest BCUT2D eigenvalue weighted by atomic mass is 15.2. The molecule has 16 rings (SSSR count). The lowest BCUT2D eigenvalue weighted by molar-refractivity contribution is 1.16. The van der Waals surface area contributed by atoms with E-state index in [9.17, 15) is 0 Å². The van der Waals surface area contributed by atoms with Gasteiger partial charge in [-0.2, -0.15) is 0 Å². The molecule has 0 spiro atoms. The summed E-state index contributed by atoms with van der Waals surface area (Å²) in [5, 5.41) is 4.94. The molecule has 3 aromatic heterocycles. The van der Waals surface area contributed by atoms with Crippen LogP contribution in [0.15, 0.2) is 279 Å². The van der Waals surface area contributed by atoms with Crippen LogP contribution in [0, 0.1) is 0 Å². The second kappa shape index (κ2) is 17.2. The van der Waals surface area contributed by atoms with Crippen molar-refractivity contribution in [2.45, 2.75) is 0 Å². The molecule has 5 nitrogen and oxygen atoms in total. The third-order valence-corrected chi connectivity index (χ3v) is 16.1. The molecule has 0 radical (unpaired) electrons. The molecule has 0 saturated carbocycles. The van der Waals surface area contributed by atoms with Crippen molar-refractivity contribution in [3.8, 4) is 45.0 Å². The van der Waals surface area contributed by atoms with Gasteiger partial charge >= 0.3 is 0 Å². The molecule has 0 N–H and O–H groups in total. The number of para-hydroxylation sites is 6. The predicted octanol–water partition coefficient (Wildman–Crippen LogP) is 16.4. The van der Waals surface area contributed by atoms with Crippen molar-refractivity contribution in [1.82, 2.24) is 14.1 Å². The molecule has 358 valence electrons. The summed E-state index contributed by atoms with van der Waals surface area (Å²) in [6.07, 6.45) is 0. The Morgan fingerprint density at radius 1 is 0.286 bits per heavy atom. The third kappa shape index (κ3) is 6.59. The number of pyridine rings is 1. The molecule has 14 aromatic rings. The van der Waals surface area contributed by atoms with Crippen LogP contribution in [0.2, 0.25) is 0 Å². The normalized spacial score (nSPS) is 12.6. The number of benzene rings is 11. The summed E-state index contributed by atoms with van der Waals surface area (Å²) in [5.41, 5.74) is 23.5. The fraction of sp³-hybridized carbons (Fsp3) is 0. The molecule has 6 heteroatoms. The number of rotatable bonds is 7. The predicted molar refractivity (Wildman–Crippen MR) is 323 cm³/mol. The first-order valence-corrected chi connectivity index (χ1v) is 26.5. The lowest BCUT2D eigenvalue weighted by Gasteiger charge is -2.46. The first-order chi connectivity index (χ1) is 38.2. The minimum Gasteiger partial charge on any atom is -0.311 e. The van der Waals surface area contributed by atoms with Gasteiger partial charge in [0.2, 0.25) is 0 Å². The molecule has 5 heterocycles. The lowest BCUT2D eigenvalue weighted by atomic mass is 9.33. The van der Waals surface area contributed by atoms with E-state index in [0.29, 0.717) is 0 Å². The van der Waals surface area contributed by atoms with Gasteiger partial charge in [0, 0.05) is 72.4 Å². The zero-order valence-corrected chi connectivity index (χ0v) is 41.9. The molecule has 11 aromatic carbocycles. The average molecular weight is 980 g/mol. The van der Waals surface area contributed by atoms with Crippen LogP contribution in [0.25, 0.3) is 88.6 Å². The number of anilines is 6. The van der Waals surface area contributed by atoms with E-state index in [0.717, 1.165) is 79.1 Å². The summed E-state index contributed by atoms with van der Waals surface area (Å²) in [6, 6.07) is 102. The zero-order chi connectivity index (χ0) is 50.6. The topological polar surface area (TPSA) is 29.2 Å². The third-order valence-electron chi connectivity index (χ3n) is 16.1. The molecule has 0 aliphatic carbocycles. The molecule has 0 saturated heterocycles. The van der Waals surface area contributed by atoms with Gasteiger partial charge in [0.05, 0.1) is 44.8 Å². The van der Waals surface area contributed by atoms with Gasteiger partial charge in [-0.15, -0.1) is 0 Å². The van der Waals surface area contributed by atoms with E-state index in [1.807, 2.05) is 0 Å². The van der Waals surface area contributed by atoms with Crippen LogP contribution in [-0.2, 0) is 0 Å². The lowest BCUT2D eigenvalue weighted by Crippen LogP contribution is -2.61. The summed E-state index contributed by atoms with van der Waals surface area (Å²) in [5.74, 6) is 0. The Kier molecular flexibility index (Phi) is 9.66. The summed E-state index contributed by atoms with van der Waals surface area (Å²) in [6.45, 7) is -0.191. The second-order valence-electron chi connectivity index (χ2n) is 20.2. The summed E-state index contributed by atoms with van der Waals surface area (Å²) in [4.78, 5) is 10.7. The first kappa shape index (κ1) is 43.3. The zero-order valence-electron chi connectivity index (χ0n) is 41.9. The fourth-order valence-electron chi connectivity index (χ4n) is 12.9. The Morgan fingerprint density at radius 2 is 0.675 bits per heavy atom. The van der Waals surface area contributed by atoms with Crippen molar-refractivity contribution in [2.24, 2.45) is 0 Å². The molecule has 0 bridgehead atoms. The van der Waals surface area contributed by atoms with Gasteiger partial charge in [0.25, 0.3) is 6.71 Å². The quantitative estimate of drug-likeness (QED) is 0.149. The van der Waals surface area contributed by atoms with E-state index >= 15 is 0 Å². The SMILES string of the molecule is c1ccc(-c2cccc(-c3cc(-c4ccccc4)c4c5c3N(c3ccccc3)c3cc(-n6c7ccccc7c7ccccc76)ccc3B5c3ccc(-n5c6ccccc6c6ccccc65)cc3N4c3ccccc3)n2)cc1. The van der Waals surface area contributed by atoms with E-state index in [1.165, 1.54) is 60.0 Å². The van der Waals surface area contributed by atoms with Gasteiger partial charge in [-0.3, -0.25) is 0 Å². The molecule has 0 amide bonds. The van der Waals surface area contributed by atoms with Crippen molar-refractivity contribution >= 4 is 101 Å². The van der Waals surface area contributed by atoms with Crippen molar-refractivity contribution in [3.05, 3.63) is 279 Å². The first-order valence-electron chi connectivity index (χ1n) is 26.5. The van der Waals surface area contributed by atoms with Crippen LogP contribution in [0.4, 0.5) is 34.1 Å². The minimum absolute atomic E-state index is 0.191. The number of hydrogen-bond donors (Lipinski definition) is 0. The highest BCUT2D eigenvalue weighted by Gasteiger charge is 2.46. The van der Waals surface area contributed by atoms with Crippen molar-refractivity contribution in [1.29, 1.82) is 0 Å². The summed E-state index contributed by atoms with van der Waals surface area (Å²) < 4.78 is 4.90. The van der Waals surface area contributed by atoms with Crippen LogP contribution in [0.1, 0.15) is 0 Å². The molecule has 0 fully saturated rings. The van der Waals surface area contributed by atoms with Gasteiger partial charge in [-0.1, -0.05) is 188 Å². The van der Waals surface area contributed by atoms with E-state index in [4.69, 9.17) is 4.98 Å². The van der Waals surface area contributed by atoms with Crippen LogP contribution in [0.5, 0.6) is 0 Å². The molecule has 2 aliphatic rings. The van der Waals surface area contributed by atoms with E-state index in [-0.39, 0.29) is 6.71 Å². The summed E-state index contributed by atoms with van der Waals surface area (Å²) >= 11 is 0.